The lowest BCUT2D eigenvalue weighted by Gasteiger charge is -2.34. The molecule has 0 spiro atoms. The van der Waals surface area contributed by atoms with E-state index in [-0.39, 0.29) is 76.6 Å². The zero-order chi connectivity index (χ0) is 92.3. The Labute approximate surface area is 730 Å². The van der Waals surface area contributed by atoms with Crippen LogP contribution in [0.15, 0.2) is 85.2 Å². The number of carbonyl (C=O) groups excluding carboxylic acids is 17. The van der Waals surface area contributed by atoms with E-state index in [2.05, 4.69) is 63.1 Å². The molecule has 43 heteroatoms. The monoisotopic (exact) mass is 1780 g/mol. The predicted octanol–water partition coefficient (Wildman–Crippen LogP) is -5.87. The molecule has 23 N–H and O–H groups in total. The van der Waals surface area contributed by atoms with Gasteiger partial charge in [0, 0.05) is 113 Å². The smallest absolute Gasteiger partial charge is 0.246 e. The second-order valence-electron chi connectivity index (χ2n) is 31.6. The molecule has 686 valence electrons. The van der Waals surface area contributed by atoms with Gasteiger partial charge in [0.1, 0.15) is 90.3 Å². The fourth-order valence-corrected chi connectivity index (χ4v) is 16.1. The minimum Gasteiger partial charge on any atom is -0.508 e. The van der Waals surface area contributed by atoms with Gasteiger partial charge in [0.25, 0.3) is 0 Å². The third kappa shape index (κ3) is 26.6. The number of nitrogens with zero attached hydrogens (tertiary/aromatic N) is 5. The summed E-state index contributed by atoms with van der Waals surface area (Å²) in [6, 6.07) is -2.88. The number of nitrogens with one attached hydrogen (secondary N) is 12. The van der Waals surface area contributed by atoms with Crippen LogP contribution in [0.3, 0.4) is 0 Å². The summed E-state index contributed by atoms with van der Waals surface area (Å²) < 4.78 is 0. The van der Waals surface area contributed by atoms with Gasteiger partial charge in [-0.15, -0.1) is 11.8 Å². The Morgan fingerprint density at radius 1 is 0.516 bits per heavy atom. The molecular formula is C83H116N20O22S. The van der Waals surface area contributed by atoms with Gasteiger partial charge in [-0.1, -0.05) is 68.3 Å². The SMILES string of the molecule is CCCC[C@H]1C(=O)N[C@@H](CC(N)=O)C(=O)N2CCC[C@H]2C(=O)N[C@@H](CO)C(=O)N[C@@H](CCO)C(=O)N2C[C@H](O)C[C@H]2C(=O)N[C@@H](Cc2c[nH]c3ccccc23)C(=O)N[C@@H](CCO)C(=O)N[C@@H](Cc2c[nH]c3ccccc23)C(=O)N(C)[C@@H](C)C(=O)N(C)[C@@H](C)C(=O)N[C@@H](CCCN)C(=O)NC(C(=O)NCC(N)=O)CSCC(=O)N[C@@H](Cc2ccc(O)cc2)C(=O)N1C. The van der Waals surface area contributed by atoms with Crippen LogP contribution in [-0.4, -0.2) is 330 Å². The summed E-state index contributed by atoms with van der Waals surface area (Å²) in [5, 5.41) is 79.8. The van der Waals surface area contributed by atoms with Crippen molar-refractivity contribution in [2.45, 2.75) is 201 Å². The van der Waals surface area contributed by atoms with Crippen molar-refractivity contribution < 1.29 is 107 Å². The molecule has 3 aliphatic heterocycles. The molecule has 0 aliphatic carbocycles. The van der Waals surface area contributed by atoms with Gasteiger partial charge in [-0.05, 0) is 106 Å². The van der Waals surface area contributed by atoms with E-state index in [0.717, 1.165) is 36.3 Å². The molecule has 0 radical (unpaired) electrons. The molecular weight excluding hydrogens is 1660 g/mol. The summed E-state index contributed by atoms with van der Waals surface area (Å²) in [6.45, 7) is 0.336. The Kier molecular flexibility index (Phi) is 37.1. The number of fused-ring (bicyclic) bond motifs is 4. The first-order chi connectivity index (χ1) is 60.0. The van der Waals surface area contributed by atoms with Gasteiger partial charge in [0.15, 0.2) is 0 Å². The maximum atomic E-state index is 15.2. The van der Waals surface area contributed by atoms with Crippen LogP contribution >= 0.6 is 11.8 Å². The van der Waals surface area contributed by atoms with Gasteiger partial charge >= 0.3 is 0 Å². The number of thioether (sulfide) groups is 1. The van der Waals surface area contributed by atoms with Crippen molar-refractivity contribution in [2.75, 3.05) is 78.6 Å². The van der Waals surface area contributed by atoms with E-state index in [4.69, 9.17) is 17.2 Å². The lowest BCUT2D eigenvalue weighted by Crippen LogP contribution is -2.61. The first kappa shape index (κ1) is 99.1. The number of phenolic OH excluding ortho intramolecular Hbond substituents is 1. The number of primary amides is 2. The molecule has 3 saturated heterocycles. The molecule has 1 unspecified atom stereocenters. The Morgan fingerprint density at radius 2 is 1.03 bits per heavy atom. The summed E-state index contributed by atoms with van der Waals surface area (Å²) in [5.74, 6) is -17.9. The predicted molar refractivity (Wildman–Crippen MR) is 457 cm³/mol. The fourth-order valence-electron chi connectivity index (χ4n) is 15.2. The maximum Gasteiger partial charge on any atom is 0.246 e. The summed E-state index contributed by atoms with van der Waals surface area (Å²) in [6.07, 6.45) is -0.788. The number of amides is 17. The molecule has 0 saturated carbocycles. The fraction of sp³-hybridized carbons (Fsp3) is 0.530. The van der Waals surface area contributed by atoms with Gasteiger partial charge < -0.3 is 130 Å². The number of H-pyrrole nitrogens is 2. The van der Waals surface area contributed by atoms with Gasteiger partial charge in [-0.2, -0.15) is 0 Å². The zero-order valence-corrected chi connectivity index (χ0v) is 71.9. The Morgan fingerprint density at radius 3 is 1.64 bits per heavy atom. The number of aromatic amines is 2. The number of hydrogen-bond acceptors (Lipinski definition) is 24. The average Bonchev–Trinajstić information content (AvgIpc) is 1.63. The van der Waals surface area contributed by atoms with Gasteiger partial charge in [-0.25, -0.2) is 0 Å². The van der Waals surface area contributed by atoms with Crippen LogP contribution in [0.1, 0.15) is 108 Å². The number of aromatic nitrogens is 2. The molecule has 3 aromatic carbocycles. The van der Waals surface area contributed by atoms with E-state index in [1.807, 2.05) is 0 Å². The number of likely N-dealkylation sites (N-methyl/N-ethyl adjacent to an activating group) is 3. The number of aromatic hydroxyl groups is 1. The second-order valence-corrected chi connectivity index (χ2v) is 32.6. The highest BCUT2D eigenvalue weighted by Crippen LogP contribution is 2.27. The summed E-state index contributed by atoms with van der Waals surface area (Å²) in [7, 11) is 3.76. The second kappa shape index (κ2) is 47.1. The van der Waals surface area contributed by atoms with Crippen molar-refractivity contribution in [3.63, 3.8) is 0 Å². The molecule has 42 nitrogen and oxygen atoms in total. The Hall–Kier alpha value is -12.3. The zero-order valence-electron chi connectivity index (χ0n) is 71.1. The van der Waals surface area contributed by atoms with Crippen molar-refractivity contribution in [3.8, 4) is 5.75 Å². The van der Waals surface area contributed by atoms with E-state index in [9.17, 15) is 87.9 Å². The van der Waals surface area contributed by atoms with E-state index in [0.29, 0.717) is 44.9 Å². The lowest BCUT2D eigenvalue weighted by molar-refractivity contribution is -0.148. The highest BCUT2D eigenvalue weighted by molar-refractivity contribution is 8.00. The number of aliphatic hydroxyl groups is 4. The van der Waals surface area contributed by atoms with Crippen LogP contribution in [0.4, 0.5) is 0 Å². The number of rotatable bonds is 22. The quantitative estimate of drug-likeness (QED) is 0.0307. The Bertz CT molecular complexity index is 4740. The molecule has 126 heavy (non-hydrogen) atoms. The number of phenols is 1. The topological polar surface area (TPSA) is 637 Å². The van der Waals surface area contributed by atoms with Crippen LogP contribution in [-0.2, 0) is 101 Å². The molecule has 3 fully saturated rings. The van der Waals surface area contributed by atoms with Crippen LogP contribution in [0.2, 0.25) is 0 Å². The number of nitrogens with two attached hydrogens (primary N) is 3. The highest BCUT2D eigenvalue weighted by Gasteiger charge is 2.46. The average molecular weight is 1780 g/mol. The van der Waals surface area contributed by atoms with Crippen molar-refractivity contribution in [1.82, 2.24) is 87.6 Å². The number of carbonyl (C=O) groups is 17. The summed E-state index contributed by atoms with van der Waals surface area (Å²) in [5.41, 5.74) is 19.6. The molecule has 2 aromatic heterocycles. The van der Waals surface area contributed by atoms with Gasteiger partial charge in [0.2, 0.25) is 100 Å². The molecule has 3 aliphatic rings. The summed E-state index contributed by atoms with van der Waals surface area (Å²) >= 11 is 0.765. The standard InChI is InChI=1S/C83H116N20O22S/c1-7-8-20-64-76(118)96-61(36-67(85)109)83(125)102-29-14-21-65(102)77(119)97-62(41-106)75(117)93-57(27-31-105)82(124)103-40-50(108)35-66(103)78(120)94-58(33-47-37-87-53-17-11-9-15-51(47)53)74(116)92-56(26-30-104)73(115)95-60(34-48-38-88-54-18-12-10-16-52(48)54)80(122)100(5)45(3)79(121)99(4)44(2)70(112)91-55(19-13-28-84)72(114)98-63(71(113)89-39-68(86)110)42-126-43-69(111)90-59(81(123)101(64)6)32-46-22-24-49(107)25-23-46/h9-12,15-18,22-25,37-38,44-45,50,55-66,87-88,104-108H,7-8,13-14,19-21,26-36,39-43,84H2,1-6H3,(H2,85,109)(H2,86,110)(H,89,113)(H,90,111)(H,91,112)(H,92,116)(H,93,117)(H,94,120)(H,95,115)(H,96,118)(H,97,119)(H,98,114)/t44-,45-,50+,55-,56-,57-,58-,59-,60-,61-,62-,63?,64-,65-,66-/m0/s1. The number of hydrogen-bond donors (Lipinski definition) is 20. The normalized spacial score (nSPS) is 25.7. The minimum atomic E-state index is -1.90. The van der Waals surface area contributed by atoms with Gasteiger partial charge in [0.05, 0.1) is 31.4 Å². The van der Waals surface area contributed by atoms with Crippen LogP contribution in [0, 0.1) is 0 Å². The first-order valence-electron chi connectivity index (χ1n) is 41.7. The summed E-state index contributed by atoms with van der Waals surface area (Å²) in [4.78, 5) is 256. The molecule has 15 atom stereocenters. The highest BCUT2D eigenvalue weighted by atomic mass is 32.2. The molecule has 5 aromatic rings. The third-order valence-corrected chi connectivity index (χ3v) is 23.6. The van der Waals surface area contributed by atoms with Crippen molar-refractivity contribution in [2.24, 2.45) is 17.2 Å². The van der Waals surface area contributed by atoms with Gasteiger partial charge in [-0.3, -0.25) is 81.5 Å². The van der Waals surface area contributed by atoms with E-state index < -0.39 is 261 Å². The number of benzene rings is 3. The lowest BCUT2D eigenvalue weighted by atomic mass is 10.0. The molecule has 5 heterocycles. The van der Waals surface area contributed by atoms with Crippen LogP contribution < -0.4 is 70.4 Å². The van der Waals surface area contributed by atoms with Crippen LogP contribution in [0.5, 0.6) is 5.75 Å². The Balaban J connectivity index is 1.15. The maximum absolute atomic E-state index is 15.2. The van der Waals surface area contributed by atoms with E-state index in [1.54, 1.807) is 67.8 Å². The van der Waals surface area contributed by atoms with Crippen LogP contribution in [0.25, 0.3) is 21.8 Å². The molecule has 17 amide bonds. The first-order valence-corrected chi connectivity index (χ1v) is 42.8. The van der Waals surface area contributed by atoms with E-state index in [1.165, 1.54) is 59.3 Å². The molecule has 8 rings (SSSR count). The van der Waals surface area contributed by atoms with Crippen molar-refractivity contribution in [1.29, 1.82) is 0 Å². The number of unbranched alkanes of at least 4 members (excludes halogenated alkanes) is 1. The van der Waals surface area contributed by atoms with E-state index >= 15 is 19.2 Å². The largest absolute Gasteiger partial charge is 0.508 e. The van der Waals surface area contributed by atoms with Crippen molar-refractivity contribution >= 4 is 134 Å². The number of para-hydroxylation sites is 2. The minimum absolute atomic E-state index is 0.00687. The third-order valence-electron chi connectivity index (χ3n) is 22.5. The molecule has 0 bridgehead atoms. The number of aliphatic hydroxyl groups excluding tert-OH is 4. The van der Waals surface area contributed by atoms with Crippen molar-refractivity contribution in [3.05, 3.63) is 102 Å².